The molecule has 0 atom stereocenters. The summed E-state index contributed by atoms with van der Waals surface area (Å²) >= 11 is 0. The molecular weight excluding hydrogens is 324 g/mol. The van der Waals surface area contributed by atoms with Crippen LogP contribution in [-0.4, -0.2) is 13.1 Å². The van der Waals surface area contributed by atoms with Gasteiger partial charge in [0.15, 0.2) is 0 Å². The Kier molecular flexibility index (Phi) is 5.84. The van der Waals surface area contributed by atoms with Crippen LogP contribution in [0.2, 0.25) is 0 Å². The van der Waals surface area contributed by atoms with Crippen LogP contribution >= 0.6 is 0 Å². The summed E-state index contributed by atoms with van der Waals surface area (Å²) in [5.74, 6) is 0.514. The Bertz CT molecular complexity index is 864. The molecule has 3 aromatic carbocycles. The smallest absolute Gasteiger partial charge is 0.337 e. The maximum absolute atomic E-state index is 11.4. The minimum Gasteiger partial charge on any atom is -0.489 e. The van der Waals surface area contributed by atoms with E-state index in [2.05, 4.69) is 0 Å². The third-order valence-electron chi connectivity index (χ3n) is 3.93. The van der Waals surface area contributed by atoms with Crippen molar-refractivity contribution >= 4 is 18.1 Å². The highest BCUT2D eigenvalue weighted by Gasteiger charge is 2.03. The molecule has 0 spiro atoms. The summed E-state index contributed by atoms with van der Waals surface area (Å²) in [7, 11) is 1.38. The van der Waals surface area contributed by atoms with E-state index in [-0.39, 0.29) is 5.97 Å². The normalized spacial score (nSPS) is 10.7. The highest BCUT2D eigenvalue weighted by molar-refractivity contribution is 5.89. The number of esters is 1. The molecule has 0 saturated carbocycles. The van der Waals surface area contributed by atoms with Crippen LogP contribution < -0.4 is 4.74 Å². The minimum atomic E-state index is -0.327. The van der Waals surface area contributed by atoms with Gasteiger partial charge in [-0.2, -0.15) is 0 Å². The number of rotatable bonds is 6. The molecule has 0 aliphatic rings. The van der Waals surface area contributed by atoms with Gasteiger partial charge in [-0.05, 0) is 41.0 Å². The van der Waals surface area contributed by atoms with Crippen molar-refractivity contribution in [3.63, 3.8) is 0 Å². The molecule has 0 radical (unpaired) electrons. The Morgan fingerprint density at radius 3 is 1.96 bits per heavy atom. The fourth-order valence-electron chi connectivity index (χ4n) is 2.46. The molecule has 0 aromatic heterocycles. The molecule has 3 rings (SSSR count). The van der Waals surface area contributed by atoms with Crippen molar-refractivity contribution in [2.45, 2.75) is 6.61 Å². The van der Waals surface area contributed by atoms with Gasteiger partial charge in [-0.1, -0.05) is 66.7 Å². The summed E-state index contributed by atoms with van der Waals surface area (Å²) in [6.45, 7) is 0.558. The molecule has 0 fully saturated rings. The second-order valence-electron chi connectivity index (χ2n) is 5.79. The Morgan fingerprint density at radius 2 is 1.38 bits per heavy atom. The lowest BCUT2D eigenvalue weighted by atomic mass is 10.1. The van der Waals surface area contributed by atoms with Crippen LogP contribution in [0.1, 0.15) is 27.0 Å². The molecule has 0 aliphatic carbocycles. The van der Waals surface area contributed by atoms with Gasteiger partial charge in [0, 0.05) is 0 Å². The summed E-state index contributed by atoms with van der Waals surface area (Å²) in [5.41, 5.74) is 3.78. The van der Waals surface area contributed by atoms with E-state index in [9.17, 15) is 4.79 Å². The van der Waals surface area contributed by atoms with Gasteiger partial charge < -0.3 is 9.47 Å². The number of methoxy groups -OCH3 is 1. The SMILES string of the molecule is COC(=O)c1ccc(/C=C\c2ccc(OCc3ccccc3)cc2)cc1. The molecule has 0 heterocycles. The maximum atomic E-state index is 11.4. The minimum absolute atomic E-state index is 0.327. The molecule has 3 nitrogen and oxygen atoms in total. The van der Waals surface area contributed by atoms with Gasteiger partial charge in [0.05, 0.1) is 12.7 Å². The zero-order chi connectivity index (χ0) is 18.2. The number of carbonyl (C=O) groups is 1. The molecule has 0 unspecified atom stereocenters. The lowest BCUT2D eigenvalue weighted by molar-refractivity contribution is 0.0600. The highest BCUT2D eigenvalue weighted by Crippen LogP contribution is 2.16. The average molecular weight is 344 g/mol. The number of ether oxygens (including phenoxy) is 2. The standard InChI is InChI=1S/C23H20O3/c1-25-23(24)21-13-9-18(10-14-21)7-8-19-11-15-22(16-12-19)26-17-20-5-3-2-4-6-20/h2-16H,17H2,1H3/b8-7-. The number of carbonyl (C=O) groups excluding carboxylic acids is 1. The van der Waals surface area contributed by atoms with Crippen LogP contribution in [0.15, 0.2) is 78.9 Å². The van der Waals surface area contributed by atoms with Crippen molar-refractivity contribution in [3.8, 4) is 5.75 Å². The molecule has 130 valence electrons. The Hall–Kier alpha value is -3.33. The third kappa shape index (κ3) is 4.84. The predicted molar refractivity (Wildman–Crippen MR) is 104 cm³/mol. The van der Waals surface area contributed by atoms with Gasteiger partial charge in [0.1, 0.15) is 12.4 Å². The summed E-state index contributed by atoms with van der Waals surface area (Å²) in [4.78, 5) is 11.4. The monoisotopic (exact) mass is 344 g/mol. The topological polar surface area (TPSA) is 35.5 Å². The quantitative estimate of drug-likeness (QED) is 0.454. The van der Waals surface area contributed by atoms with Gasteiger partial charge in [-0.25, -0.2) is 4.79 Å². The summed E-state index contributed by atoms with van der Waals surface area (Å²) < 4.78 is 10.5. The van der Waals surface area contributed by atoms with Crippen LogP contribution in [0.4, 0.5) is 0 Å². The molecule has 0 aliphatic heterocycles. The van der Waals surface area contributed by atoms with Gasteiger partial charge in [0.25, 0.3) is 0 Å². The van der Waals surface area contributed by atoms with Crippen LogP contribution in [0, 0.1) is 0 Å². The maximum Gasteiger partial charge on any atom is 0.337 e. The predicted octanol–water partition coefficient (Wildman–Crippen LogP) is 5.22. The molecule has 3 aromatic rings. The zero-order valence-electron chi connectivity index (χ0n) is 14.6. The third-order valence-corrected chi connectivity index (χ3v) is 3.93. The molecule has 26 heavy (non-hydrogen) atoms. The second kappa shape index (κ2) is 8.67. The molecule has 0 bridgehead atoms. The van der Waals surface area contributed by atoms with E-state index in [1.165, 1.54) is 7.11 Å². The van der Waals surface area contributed by atoms with Crippen molar-refractivity contribution in [3.05, 3.63) is 101 Å². The van der Waals surface area contributed by atoms with Crippen LogP contribution in [0.3, 0.4) is 0 Å². The van der Waals surface area contributed by atoms with Crippen molar-refractivity contribution < 1.29 is 14.3 Å². The Balaban J connectivity index is 1.58. The molecule has 0 N–H and O–H groups in total. The first-order valence-corrected chi connectivity index (χ1v) is 8.38. The largest absolute Gasteiger partial charge is 0.489 e. The first-order chi connectivity index (χ1) is 12.7. The van der Waals surface area contributed by atoms with Gasteiger partial charge in [-0.3, -0.25) is 0 Å². The van der Waals surface area contributed by atoms with E-state index in [0.717, 1.165) is 22.4 Å². The lowest BCUT2D eigenvalue weighted by Crippen LogP contribution is -2.00. The highest BCUT2D eigenvalue weighted by atomic mass is 16.5. The van der Waals surface area contributed by atoms with Crippen LogP contribution in [0.5, 0.6) is 5.75 Å². The van der Waals surface area contributed by atoms with Crippen LogP contribution in [0.25, 0.3) is 12.2 Å². The van der Waals surface area contributed by atoms with E-state index >= 15 is 0 Å². The number of hydrogen-bond donors (Lipinski definition) is 0. The van der Waals surface area contributed by atoms with E-state index < -0.39 is 0 Å². The van der Waals surface area contributed by atoms with Crippen molar-refractivity contribution in [1.82, 2.24) is 0 Å². The summed E-state index contributed by atoms with van der Waals surface area (Å²) in [6.07, 6.45) is 4.02. The van der Waals surface area contributed by atoms with E-state index in [1.807, 2.05) is 78.9 Å². The Morgan fingerprint density at radius 1 is 0.808 bits per heavy atom. The summed E-state index contributed by atoms with van der Waals surface area (Å²) in [5, 5.41) is 0. The van der Waals surface area contributed by atoms with Crippen molar-refractivity contribution in [1.29, 1.82) is 0 Å². The first kappa shape index (κ1) is 17.5. The molecule has 0 amide bonds. The van der Waals surface area contributed by atoms with Crippen molar-refractivity contribution in [2.24, 2.45) is 0 Å². The zero-order valence-corrected chi connectivity index (χ0v) is 14.6. The van der Waals surface area contributed by atoms with Crippen molar-refractivity contribution in [2.75, 3.05) is 7.11 Å². The number of benzene rings is 3. The van der Waals surface area contributed by atoms with Crippen LogP contribution in [-0.2, 0) is 11.3 Å². The molecular formula is C23H20O3. The molecule has 3 heteroatoms. The average Bonchev–Trinajstić information content (AvgIpc) is 2.72. The van der Waals surface area contributed by atoms with E-state index in [0.29, 0.717) is 12.2 Å². The fourth-order valence-corrected chi connectivity index (χ4v) is 2.46. The molecule has 0 saturated heterocycles. The fraction of sp³-hybridized carbons (Fsp3) is 0.0870. The second-order valence-corrected chi connectivity index (χ2v) is 5.79. The first-order valence-electron chi connectivity index (χ1n) is 8.38. The Labute approximate surface area is 153 Å². The lowest BCUT2D eigenvalue weighted by Gasteiger charge is -2.06. The number of hydrogen-bond acceptors (Lipinski definition) is 3. The van der Waals surface area contributed by atoms with Gasteiger partial charge in [-0.15, -0.1) is 0 Å². The van der Waals surface area contributed by atoms with E-state index in [4.69, 9.17) is 9.47 Å². The van der Waals surface area contributed by atoms with Gasteiger partial charge >= 0.3 is 5.97 Å². The summed E-state index contributed by atoms with van der Waals surface area (Å²) in [6, 6.07) is 25.3. The van der Waals surface area contributed by atoms with Gasteiger partial charge in [0.2, 0.25) is 0 Å². The van der Waals surface area contributed by atoms with E-state index in [1.54, 1.807) is 12.1 Å².